The van der Waals surface area contributed by atoms with Gasteiger partial charge in [0.2, 0.25) is 5.92 Å². The number of hydrogen-bond donors (Lipinski definition) is 2. The van der Waals surface area contributed by atoms with Gasteiger partial charge in [-0.2, -0.15) is 0 Å². The zero-order valence-corrected chi connectivity index (χ0v) is 8.99. The highest BCUT2D eigenvalue weighted by Crippen LogP contribution is 2.42. The summed E-state index contributed by atoms with van der Waals surface area (Å²) in [4.78, 5) is 14.5. The first-order valence-corrected chi connectivity index (χ1v) is 5.28. The van der Waals surface area contributed by atoms with E-state index >= 15 is 0 Å². The molecule has 0 radical (unpaired) electrons. The molecule has 0 unspecified atom stereocenters. The van der Waals surface area contributed by atoms with Gasteiger partial charge in [-0.1, -0.05) is 6.07 Å². The molecule has 2 N–H and O–H groups in total. The quantitative estimate of drug-likeness (QED) is 0.849. The van der Waals surface area contributed by atoms with Crippen molar-refractivity contribution in [2.75, 3.05) is 11.9 Å². The number of carboxylic acids is 1. The van der Waals surface area contributed by atoms with Crippen LogP contribution in [0.3, 0.4) is 0 Å². The topological polar surface area (TPSA) is 62.2 Å². The van der Waals surface area contributed by atoms with Gasteiger partial charge in [-0.25, -0.2) is 18.6 Å². The number of nitrogens with one attached hydrogen (secondary N) is 1. The number of pyridine rings is 1. The number of anilines is 1. The Kier molecular flexibility index (Phi) is 2.95. The summed E-state index contributed by atoms with van der Waals surface area (Å²) in [6.07, 6.45) is -0.225. The lowest BCUT2D eigenvalue weighted by Gasteiger charge is -2.34. The van der Waals surface area contributed by atoms with Gasteiger partial charge in [0.15, 0.2) is 5.69 Å². The fourth-order valence-corrected chi connectivity index (χ4v) is 1.83. The molecule has 1 heterocycles. The fraction of sp³-hybridized carbons (Fsp3) is 0.455. The minimum atomic E-state index is -2.53. The van der Waals surface area contributed by atoms with E-state index in [1.54, 1.807) is 12.1 Å². The molecule has 1 aliphatic carbocycles. The highest BCUT2D eigenvalue weighted by molar-refractivity contribution is 5.85. The molecule has 0 aliphatic heterocycles. The first-order valence-electron chi connectivity index (χ1n) is 5.28. The van der Waals surface area contributed by atoms with E-state index in [0.717, 1.165) is 0 Å². The van der Waals surface area contributed by atoms with Gasteiger partial charge in [-0.05, 0) is 18.1 Å². The lowest BCUT2D eigenvalue weighted by Crippen LogP contribution is -2.39. The highest BCUT2D eigenvalue weighted by atomic mass is 19.3. The fourth-order valence-electron chi connectivity index (χ4n) is 1.83. The number of aromatic carboxylic acids is 1. The van der Waals surface area contributed by atoms with Gasteiger partial charge < -0.3 is 10.4 Å². The Morgan fingerprint density at radius 2 is 2.24 bits per heavy atom. The van der Waals surface area contributed by atoms with Gasteiger partial charge in [0, 0.05) is 19.4 Å². The maximum Gasteiger partial charge on any atom is 0.354 e. The molecule has 0 aromatic carbocycles. The van der Waals surface area contributed by atoms with Crippen molar-refractivity contribution < 1.29 is 18.7 Å². The Morgan fingerprint density at radius 1 is 1.53 bits per heavy atom. The van der Waals surface area contributed by atoms with E-state index in [1.807, 2.05) is 0 Å². The van der Waals surface area contributed by atoms with Gasteiger partial charge in [0.05, 0.1) is 0 Å². The van der Waals surface area contributed by atoms with E-state index in [1.165, 1.54) is 6.07 Å². The average molecular weight is 242 g/mol. The number of carbonyl (C=O) groups is 1. The third kappa shape index (κ3) is 2.89. The summed E-state index contributed by atoms with van der Waals surface area (Å²) >= 11 is 0. The number of rotatable bonds is 4. The lowest BCUT2D eigenvalue weighted by molar-refractivity contribution is -0.106. The van der Waals surface area contributed by atoms with Crippen molar-refractivity contribution in [2.24, 2.45) is 5.92 Å². The molecule has 2 rings (SSSR count). The number of nitrogens with zero attached hydrogens (tertiary/aromatic N) is 1. The molecule has 0 spiro atoms. The van der Waals surface area contributed by atoms with Crippen molar-refractivity contribution in [1.82, 2.24) is 4.98 Å². The second-order valence-corrected chi connectivity index (χ2v) is 4.22. The first-order chi connectivity index (χ1) is 7.96. The predicted molar refractivity (Wildman–Crippen MR) is 57.4 cm³/mol. The molecule has 1 aliphatic rings. The van der Waals surface area contributed by atoms with Gasteiger partial charge in [0.25, 0.3) is 0 Å². The molecule has 0 atom stereocenters. The number of alkyl halides is 2. The van der Waals surface area contributed by atoms with E-state index in [9.17, 15) is 13.6 Å². The maximum atomic E-state index is 12.6. The molecule has 1 fully saturated rings. The van der Waals surface area contributed by atoms with Crippen molar-refractivity contribution in [1.29, 1.82) is 0 Å². The van der Waals surface area contributed by atoms with Crippen molar-refractivity contribution in [3.63, 3.8) is 0 Å². The Morgan fingerprint density at radius 3 is 2.82 bits per heavy atom. The largest absolute Gasteiger partial charge is 0.477 e. The van der Waals surface area contributed by atoms with Crippen molar-refractivity contribution in [3.05, 3.63) is 23.9 Å². The van der Waals surface area contributed by atoms with Crippen LogP contribution in [0.2, 0.25) is 0 Å². The third-order valence-corrected chi connectivity index (χ3v) is 2.71. The van der Waals surface area contributed by atoms with Crippen LogP contribution in [-0.2, 0) is 0 Å². The van der Waals surface area contributed by atoms with Crippen molar-refractivity contribution >= 4 is 11.8 Å². The van der Waals surface area contributed by atoms with Crippen molar-refractivity contribution in [2.45, 2.75) is 18.8 Å². The van der Waals surface area contributed by atoms with Crippen LogP contribution < -0.4 is 5.32 Å². The smallest absolute Gasteiger partial charge is 0.354 e. The van der Waals surface area contributed by atoms with Crippen LogP contribution in [-0.4, -0.2) is 28.5 Å². The van der Waals surface area contributed by atoms with Gasteiger partial charge >= 0.3 is 5.97 Å². The molecule has 1 aromatic rings. The van der Waals surface area contributed by atoms with Crippen LogP contribution in [0.5, 0.6) is 0 Å². The molecule has 92 valence electrons. The summed E-state index contributed by atoms with van der Waals surface area (Å²) < 4.78 is 25.1. The van der Waals surface area contributed by atoms with E-state index < -0.39 is 11.9 Å². The summed E-state index contributed by atoms with van der Waals surface area (Å²) in [7, 11) is 0. The Balaban J connectivity index is 1.87. The average Bonchev–Trinajstić information content (AvgIpc) is 2.23. The Bertz CT molecular complexity index is 429. The van der Waals surface area contributed by atoms with Crippen LogP contribution in [0.25, 0.3) is 0 Å². The molecule has 4 nitrogen and oxygen atoms in total. The van der Waals surface area contributed by atoms with Crippen LogP contribution in [0.1, 0.15) is 23.3 Å². The minimum Gasteiger partial charge on any atom is -0.477 e. The summed E-state index contributed by atoms with van der Waals surface area (Å²) in [6.45, 7) is 0.395. The SMILES string of the molecule is O=C(O)c1cccc(NCC2CC(F)(F)C2)n1. The zero-order chi connectivity index (χ0) is 12.5. The number of aromatic nitrogens is 1. The first kappa shape index (κ1) is 11.8. The minimum absolute atomic E-state index is 0.0612. The second-order valence-electron chi connectivity index (χ2n) is 4.22. The molecule has 1 saturated carbocycles. The Labute approximate surface area is 96.7 Å². The summed E-state index contributed by atoms with van der Waals surface area (Å²) in [5, 5.41) is 11.6. The third-order valence-electron chi connectivity index (χ3n) is 2.71. The molecule has 1 aromatic heterocycles. The molecule has 0 amide bonds. The van der Waals surface area contributed by atoms with Crippen LogP contribution >= 0.6 is 0 Å². The normalized spacial score (nSPS) is 18.5. The summed E-state index contributed by atoms with van der Waals surface area (Å²) in [5.74, 6) is -3.30. The predicted octanol–water partition coefficient (Wildman–Crippen LogP) is 2.24. The van der Waals surface area contributed by atoms with Gasteiger partial charge in [-0.3, -0.25) is 0 Å². The number of hydrogen-bond acceptors (Lipinski definition) is 3. The number of carboxylic acid groups (broad SMARTS) is 1. The van der Waals surface area contributed by atoms with E-state index in [2.05, 4.69) is 10.3 Å². The van der Waals surface area contributed by atoms with Crippen LogP contribution in [0.4, 0.5) is 14.6 Å². The molecule has 6 heteroatoms. The Hall–Kier alpha value is -1.72. The molecule has 0 saturated heterocycles. The summed E-state index contributed by atoms with van der Waals surface area (Å²) in [5.41, 5.74) is -0.0612. The molecular formula is C11H12F2N2O2. The van der Waals surface area contributed by atoms with Gasteiger partial charge in [0.1, 0.15) is 5.82 Å². The van der Waals surface area contributed by atoms with Crippen LogP contribution in [0, 0.1) is 5.92 Å². The van der Waals surface area contributed by atoms with E-state index in [0.29, 0.717) is 12.4 Å². The van der Waals surface area contributed by atoms with Crippen LogP contribution in [0.15, 0.2) is 18.2 Å². The zero-order valence-electron chi connectivity index (χ0n) is 8.99. The molecular weight excluding hydrogens is 230 g/mol. The van der Waals surface area contributed by atoms with Crippen molar-refractivity contribution in [3.8, 4) is 0 Å². The molecule has 0 bridgehead atoms. The van der Waals surface area contributed by atoms with E-state index in [4.69, 9.17) is 5.11 Å². The summed E-state index contributed by atoms with van der Waals surface area (Å²) in [6, 6.07) is 4.56. The van der Waals surface area contributed by atoms with E-state index in [-0.39, 0.29) is 24.5 Å². The van der Waals surface area contributed by atoms with Gasteiger partial charge in [-0.15, -0.1) is 0 Å². The lowest BCUT2D eigenvalue weighted by atomic mass is 9.81. The second kappa shape index (κ2) is 4.27. The number of halogens is 2. The maximum absolute atomic E-state index is 12.6. The highest BCUT2D eigenvalue weighted by Gasteiger charge is 2.44. The molecule has 17 heavy (non-hydrogen) atoms. The standard InChI is InChI=1S/C11H12F2N2O2/c12-11(13)4-7(5-11)6-14-9-3-1-2-8(15-9)10(16)17/h1-3,7H,4-6H2,(H,14,15)(H,16,17). The monoisotopic (exact) mass is 242 g/mol.